The predicted octanol–water partition coefficient (Wildman–Crippen LogP) is 15.2. The van der Waals surface area contributed by atoms with Gasteiger partial charge in [-0.2, -0.15) is 0 Å². The van der Waals surface area contributed by atoms with Gasteiger partial charge in [-0.3, -0.25) is 0 Å². The van der Waals surface area contributed by atoms with Crippen LogP contribution in [0.1, 0.15) is 0 Å². The number of para-hydroxylation sites is 4. The first kappa shape index (κ1) is 32.8. The first-order chi connectivity index (χ1) is 28.3. The van der Waals surface area contributed by atoms with Crippen molar-refractivity contribution in [3.63, 3.8) is 0 Å². The molecule has 57 heavy (non-hydrogen) atoms. The van der Waals surface area contributed by atoms with Gasteiger partial charge >= 0.3 is 0 Å². The van der Waals surface area contributed by atoms with E-state index in [2.05, 4.69) is 222 Å². The average Bonchev–Trinajstić information content (AvgIpc) is 3.84. The van der Waals surface area contributed by atoms with Gasteiger partial charge in [-0.15, -0.1) is 0 Å². The van der Waals surface area contributed by atoms with E-state index in [-0.39, 0.29) is 0 Å². The molecular formula is C54H36N2O. The molecule has 3 heteroatoms. The number of nitrogens with zero attached hydrogens (tertiary/aromatic N) is 2. The molecule has 0 aliphatic rings. The molecule has 0 spiro atoms. The fourth-order valence-electron chi connectivity index (χ4n) is 8.50. The second-order valence-corrected chi connectivity index (χ2v) is 14.5. The maximum absolute atomic E-state index is 6.70. The normalized spacial score (nSPS) is 11.5. The highest BCUT2D eigenvalue weighted by molar-refractivity contribution is 6.27. The summed E-state index contributed by atoms with van der Waals surface area (Å²) >= 11 is 0. The van der Waals surface area contributed by atoms with E-state index in [1.54, 1.807) is 0 Å². The zero-order valence-electron chi connectivity index (χ0n) is 31.1. The third-order valence-corrected chi connectivity index (χ3v) is 11.2. The van der Waals surface area contributed by atoms with Gasteiger partial charge in [0, 0.05) is 44.5 Å². The van der Waals surface area contributed by atoms with Crippen LogP contribution in [0.15, 0.2) is 223 Å². The van der Waals surface area contributed by atoms with Crippen molar-refractivity contribution in [2.45, 2.75) is 0 Å². The van der Waals surface area contributed by atoms with Gasteiger partial charge in [0.2, 0.25) is 0 Å². The van der Waals surface area contributed by atoms with Gasteiger partial charge in [0.25, 0.3) is 0 Å². The van der Waals surface area contributed by atoms with Crippen molar-refractivity contribution < 1.29 is 4.42 Å². The van der Waals surface area contributed by atoms with Gasteiger partial charge in [-0.25, -0.2) is 0 Å². The lowest BCUT2D eigenvalue weighted by Crippen LogP contribution is -2.09. The Morgan fingerprint density at radius 2 is 0.842 bits per heavy atom. The molecule has 2 aromatic heterocycles. The molecule has 0 saturated carbocycles. The standard InChI is InChI=1S/C54H36N2O/c1-4-14-37(15-5-1)38-24-26-39(27-25-38)40-28-32-44(33-29-40)55(42-16-6-2-7-17-42)45-34-30-41(31-35-45)48-36-49-46-20-11-13-23-51(46)57-54(49)52-47-21-10-12-22-50(47)56(53(48)52)43-18-8-3-9-19-43/h1-36H. The van der Waals surface area contributed by atoms with E-state index in [0.717, 1.165) is 72.2 Å². The molecule has 0 radical (unpaired) electrons. The van der Waals surface area contributed by atoms with E-state index in [1.807, 2.05) is 6.07 Å². The smallest absolute Gasteiger partial charge is 0.145 e. The second kappa shape index (κ2) is 13.6. The Morgan fingerprint density at radius 3 is 1.49 bits per heavy atom. The van der Waals surface area contributed by atoms with E-state index in [9.17, 15) is 0 Å². The van der Waals surface area contributed by atoms with E-state index in [0.29, 0.717) is 0 Å². The van der Waals surface area contributed by atoms with Crippen LogP contribution in [-0.4, -0.2) is 4.57 Å². The molecule has 0 fully saturated rings. The second-order valence-electron chi connectivity index (χ2n) is 14.5. The topological polar surface area (TPSA) is 21.3 Å². The summed E-state index contributed by atoms with van der Waals surface area (Å²) in [5.41, 5.74) is 15.6. The molecule has 2 heterocycles. The number of aromatic nitrogens is 1. The van der Waals surface area contributed by atoms with Crippen LogP contribution in [0.5, 0.6) is 0 Å². The number of hydrogen-bond donors (Lipinski definition) is 0. The van der Waals surface area contributed by atoms with E-state index in [1.165, 1.54) is 27.6 Å². The molecule has 0 bridgehead atoms. The van der Waals surface area contributed by atoms with Crippen molar-refractivity contribution in [1.29, 1.82) is 0 Å². The summed E-state index contributed by atoms with van der Waals surface area (Å²) in [6, 6.07) is 77.9. The number of hydrogen-bond acceptors (Lipinski definition) is 2. The first-order valence-corrected chi connectivity index (χ1v) is 19.4. The average molecular weight is 729 g/mol. The molecule has 268 valence electrons. The van der Waals surface area contributed by atoms with Gasteiger partial charge in [0.15, 0.2) is 0 Å². The molecule has 0 amide bonds. The van der Waals surface area contributed by atoms with Crippen molar-refractivity contribution in [3.8, 4) is 39.1 Å². The minimum absolute atomic E-state index is 0.895. The lowest BCUT2D eigenvalue weighted by atomic mass is 9.97. The third kappa shape index (κ3) is 5.60. The predicted molar refractivity (Wildman–Crippen MR) is 239 cm³/mol. The van der Waals surface area contributed by atoms with Crippen LogP contribution in [0.25, 0.3) is 82.8 Å². The maximum atomic E-state index is 6.70. The number of benzene rings is 9. The Morgan fingerprint density at radius 1 is 0.368 bits per heavy atom. The van der Waals surface area contributed by atoms with Gasteiger partial charge in [0.05, 0.1) is 16.4 Å². The molecule has 0 aliphatic heterocycles. The molecule has 11 aromatic rings. The van der Waals surface area contributed by atoms with Crippen LogP contribution < -0.4 is 4.90 Å². The lowest BCUT2D eigenvalue weighted by Gasteiger charge is -2.26. The van der Waals surface area contributed by atoms with Crippen molar-refractivity contribution in [2.24, 2.45) is 0 Å². The summed E-state index contributed by atoms with van der Waals surface area (Å²) < 4.78 is 9.10. The van der Waals surface area contributed by atoms with E-state index < -0.39 is 0 Å². The van der Waals surface area contributed by atoms with Crippen molar-refractivity contribution in [3.05, 3.63) is 218 Å². The van der Waals surface area contributed by atoms with E-state index >= 15 is 0 Å². The molecule has 0 saturated heterocycles. The summed E-state index contributed by atoms with van der Waals surface area (Å²) in [5, 5.41) is 4.54. The highest BCUT2D eigenvalue weighted by atomic mass is 16.3. The monoisotopic (exact) mass is 728 g/mol. The Hall–Kier alpha value is -7.62. The summed E-state index contributed by atoms with van der Waals surface area (Å²) in [7, 11) is 0. The highest BCUT2D eigenvalue weighted by Gasteiger charge is 2.23. The maximum Gasteiger partial charge on any atom is 0.145 e. The zero-order valence-corrected chi connectivity index (χ0v) is 31.1. The summed E-state index contributed by atoms with van der Waals surface area (Å²) in [5.74, 6) is 0. The van der Waals surface area contributed by atoms with Gasteiger partial charge in [-0.1, -0.05) is 152 Å². The van der Waals surface area contributed by atoms with Crippen LogP contribution in [0.4, 0.5) is 17.1 Å². The third-order valence-electron chi connectivity index (χ3n) is 11.2. The minimum atomic E-state index is 0.895. The van der Waals surface area contributed by atoms with Crippen LogP contribution in [0.2, 0.25) is 0 Å². The van der Waals surface area contributed by atoms with Crippen LogP contribution in [0.3, 0.4) is 0 Å². The number of fused-ring (bicyclic) bond motifs is 7. The summed E-state index contributed by atoms with van der Waals surface area (Å²) in [4.78, 5) is 2.33. The fourth-order valence-corrected chi connectivity index (χ4v) is 8.50. The van der Waals surface area contributed by atoms with Crippen LogP contribution in [-0.2, 0) is 0 Å². The van der Waals surface area contributed by atoms with Gasteiger partial charge in [0.1, 0.15) is 11.2 Å². The Balaban J connectivity index is 1.04. The molecule has 11 rings (SSSR count). The molecule has 9 aromatic carbocycles. The molecular weight excluding hydrogens is 693 g/mol. The largest absolute Gasteiger partial charge is 0.455 e. The molecule has 0 unspecified atom stereocenters. The molecule has 0 atom stereocenters. The Labute approximate surface area is 330 Å². The first-order valence-electron chi connectivity index (χ1n) is 19.4. The van der Waals surface area contributed by atoms with Crippen molar-refractivity contribution in [1.82, 2.24) is 4.57 Å². The van der Waals surface area contributed by atoms with Crippen molar-refractivity contribution >= 4 is 60.8 Å². The lowest BCUT2D eigenvalue weighted by molar-refractivity contribution is 0.673. The SMILES string of the molecule is c1ccc(-c2ccc(-c3ccc(N(c4ccccc4)c4ccc(-c5cc6c7ccccc7oc6c6c7ccccc7n(-c7ccccc7)c56)cc4)cc3)cc2)cc1. The Bertz CT molecular complexity index is 3180. The number of anilines is 3. The van der Waals surface area contributed by atoms with Crippen LogP contribution >= 0.6 is 0 Å². The fraction of sp³-hybridized carbons (Fsp3) is 0. The highest BCUT2D eigenvalue weighted by Crippen LogP contribution is 2.46. The quantitative estimate of drug-likeness (QED) is 0.163. The summed E-state index contributed by atoms with van der Waals surface area (Å²) in [6.45, 7) is 0. The van der Waals surface area contributed by atoms with Crippen LogP contribution in [0, 0.1) is 0 Å². The zero-order chi connectivity index (χ0) is 37.7. The Kier molecular flexibility index (Phi) is 7.82. The summed E-state index contributed by atoms with van der Waals surface area (Å²) in [6.07, 6.45) is 0. The van der Waals surface area contributed by atoms with Crippen molar-refractivity contribution in [2.75, 3.05) is 4.90 Å². The molecule has 0 aliphatic carbocycles. The van der Waals surface area contributed by atoms with Gasteiger partial charge < -0.3 is 13.9 Å². The number of rotatable bonds is 7. The molecule has 0 N–H and O–H groups in total. The molecule has 3 nitrogen and oxygen atoms in total. The minimum Gasteiger partial charge on any atom is -0.455 e. The van der Waals surface area contributed by atoms with E-state index in [4.69, 9.17) is 4.42 Å². The number of furan rings is 1. The van der Waals surface area contributed by atoms with Gasteiger partial charge in [-0.05, 0) is 94.5 Å².